The first kappa shape index (κ1) is 33.6. The van der Waals surface area contributed by atoms with E-state index in [-0.39, 0.29) is 71.6 Å². The predicted molar refractivity (Wildman–Crippen MR) is 153 cm³/mol. The summed E-state index contributed by atoms with van der Waals surface area (Å²) in [7, 11) is 0. The highest BCUT2D eigenvalue weighted by molar-refractivity contribution is 6.40. The number of pyridine rings is 1. The van der Waals surface area contributed by atoms with E-state index in [1.807, 2.05) is 0 Å². The van der Waals surface area contributed by atoms with Crippen molar-refractivity contribution in [2.75, 3.05) is 11.9 Å². The summed E-state index contributed by atoms with van der Waals surface area (Å²) in [6, 6.07) is 3.91. The van der Waals surface area contributed by atoms with Gasteiger partial charge in [0.1, 0.15) is 11.4 Å². The zero-order valence-corrected chi connectivity index (χ0v) is 25.1. The van der Waals surface area contributed by atoms with E-state index in [9.17, 15) is 35.9 Å². The van der Waals surface area contributed by atoms with Gasteiger partial charge in [0.15, 0.2) is 18.1 Å². The van der Waals surface area contributed by atoms with Crippen molar-refractivity contribution >= 4 is 52.4 Å². The maximum absolute atomic E-state index is 13.9. The zero-order chi connectivity index (χ0) is 32.4. The maximum Gasteiger partial charge on any atom is 0.391 e. The summed E-state index contributed by atoms with van der Waals surface area (Å²) < 4.78 is 84.0. The van der Waals surface area contributed by atoms with E-state index in [2.05, 4.69) is 25.9 Å². The van der Waals surface area contributed by atoms with Crippen molar-refractivity contribution < 1.29 is 40.7 Å². The van der Waals surface area contributed by atoms with Crippen molar-refractivity contribution in [2.24, 2.45) is 10.9 Å². The van der Waals surface area contributed by atoms with Gasteiger partial charge in [-0.05, 0) is 57.2 Å². The Kier molecular flexibility index (Phi) is 10.2. The van der Waals surface area contributed by atoms with Gasteiger partial charge in [0.25, 0.3) is 18.2 Å². The number of amides is 2. The minimum absolute atomic E-state index is 0.0832. The molecule has 0 unspecified atom stereocenters. The molecule has 3 N–H and O–H groups in total. The second-order valence-electron chi connectivity index (χ2n) is 11.0. The second-order valence-corrected chi connectivity index (χ2v) is 11.8. The summed E-state index contributed by atoms with van der Waals surface area (Å²) in [5, 5.41) is 8.44. The van der Waals surface area contributed by atoms with Crippen LogP contribution in [-0.4, -0.2) is 53.6 Å². The Labute approximate surface area is 258 Å². The van der Waals surface area contributed by atoms with Gasteiger partial charge in [-0.2, -0.15) is 18.2 Å². The van der Waals surface area contributed by atoms with Gasteiger partial charge in [-0.3, -0.25) is 9.59 Å². The quantitative estimate of drug-likeness (QED) is 0.251. The number of hydrogen-bond donors (Lipinski definition) is 3. The zero-order valence-electron chi connectivity index (χ0n) is 23.6. The lowest BCUT2D eigenvalue weighted by Crippen LogP contribution is -2.40. The van der Waals surface area contributed by atoms with E-state index in [0.29, 0.717) is 11.1 Å². The van der Waals surface area contributed by atoms with E-state index >= 15 is 0 Å². The van der Waals surface area contributed by atoms with Crippen LogP contribution in [0.4, 0.5) is 37.8 Å². The summed E-state index contributed by atoms with van der Waals surface area (Å²) in [5.41, 5.74) is -1.17. The highest BCUT2D eigenvalue weighted by atomic mass is 35.5. The largest absolute Gasteiger partial charge is 0.471 e. The van der Waals surface area contributed by atoms with E-state index in [1.54, 1.807) is 6.07 Å². The molecule has 1 aliphatic carbocycles. The molecule has 0 atom stereocenters. The molecule has 2 amide bonds. The molecular weight excluding hydrogens is 639 g/mol. The molecule has 0 bridgehead atoms. The fourth-order valence-corrected chi connectivity index (χ4v) is 5.33. The van der Waals surface area contributed by atoms with Crippen LogP contribution in [0.2, 0.25) is 10.0 Å². The third-order valence-electron chi connectivity index (χ3n) is 7.18. The maximum atomic E-state index is 13.9. The number of aromatic nitrogens is 1. The van der Waals surface area contributed by atoms with Crippen molar-refractivity contribution in [1.29, 1.82) is 0 Å². The van der Waals surface area contributed by atoms with Crippen molar-refractivity contribution in [3.63, 3.8) is 0 Å². The third kappa shape index (κ3) is 8.26. The van der Waals surface area contributed by atoms with Crippen LogP contribution in [0.15, 0.2) is 23.2 Å². The normalized spacial score (nSPS) is 18.5. The number of anilines is 1. The standard InChI is InChI=1S/C28H29Cl2F6N5O3/c1-27(2,33)26(43)37-11-13-3-8-18(29)22(21(13)30)39-20-10-14-9-17(25(41-23(14)40-20)44-12-19(31)32)24(42)38-16-6-4-15(5-7-16)28(34,35)36/h3,8-9,15-16,19H,4-7,10-12H2,1-2H3,(H,37,43)(H,38,42)(H,39,40,41). The summed E-state index contributed by atoms with van der Waals surface area (Å²) >= 11 is 12.9. The highest BCUT2D eigenvalue weighted by Gasteiger charge is 2.41. The number of halogens is 8. The van der Waals surface area contributed by atoms with Crippen molar-refractivity contribution in [1.82, 2.24) is 15.6 Å². The number of rotatable bonds is 9. The van der Waals surface area contributed by atoms with Gasteiger partial charge in [-0.1, -0.05) is 29.3 Å². The number of amidine groups is 1. The molecule has 16 heteroatoms. The number of benzene rings is 1. The van der Waals surface area contributed by atoms with Gasteiger partial charge in [0.05, 0.1) is 21.7 Å². The second kappa shape index (κ2) is 13.4. The van der Waals surface area contributed by atoms with E-state index < -0.39 is 54.5 Å². The average Bonchev–Trinajstić information content (AvgIpc) is 3.33. The Balaban J connectivity index is 1.51. The van der Waals surface area contributed by atoms with Crippen LogP contribution in [0.1, 0.15) is 61.0 Å². The van der Waals surface area contributed by atoms with Crippen LogP contribution in [0.3, 0.4) is 0 Å². The van der Waals surface area contributed by atoms with E-state index in [1.165, 1.54) is 12.1 Å². The molecule has 0 spiro atoms. The molecule has 1 fully saturated rings. The molecule has 2 heterocycles. The molecule has 2 aromatic rings. The highest BCUT2D eigenvalue weighted by Crippen LogP contribution is 2.39. The summed E-state index contributed by atoms with van der Waals surface area (Å²) in [4.78, 5) is 33.6. The molecule has 0 radical (unpaired) electrons. The van der Waals surface area contributed by atoms with Crippen molar-refractivity contribution in [2.45, 2.75) is 76.8 Å². The lowest BCUT2D eigenvalue weighted by Gasteiger charge is -2.30. The Morgan fingerprint density at radius 1 is 1.09 bits per heavy atom. The number of alkyl halides is 6. The monoisotopic (exact) mass is 667 g/mol. The predicted octanol–water partition coefficient (Wildman–Crippen LogP) is 6.95. The van der Waals surface area contributed by atoms with Gasteiger partial charge in [-0.15, -0.1) is 0 Å². The van der Waals surface area contributed by atoms with Crippen molar-refractivity contribution in [3.8, 4) is 5.88 Å². The topological polar surface area (TPSA) is 105 Å². The first-order chi connectivity index (χ1) is 20.5. The number of nitrogens with zero attached hydrogens (tertiary/aromatic N) is 2. The number of aliphatic imine (C=N–C) groups is 1. The van der Waals surface area contributed by atoms with Gasteiger partial charge in [0, 0.05) is 24.6 Å². The number of ether oxygens (including phenoxy) is 1. The molecule has 1 saturated carbocycles. The summed E-state index contributed by atoms with van der Waals surface area (Å²) in [6.45, 7) is 1.09. The molecule has 8 nitrogen and oxygen atoms in total. The Morgan fingerprint density at radius 3 is 2.39 bits per heavy atom. The third-order valence-corrected chi connectivity index (χ3v) is 7.92. The summed E-state index contributed by atoms with van der Waals surface area (Å²) in [5.74, 6) is -3.03. The fourth-order valence-electron chi connectivity index (χ4n) is 4.80. The number of nitrogens with one attached hydrogen (secondary N) is 3. The molecule has 4 rings (SSSR count). The van der Waals surface area contributed by atoms with Gasteiger partial charge in [0.2, 0.25) is 5.88 Å². The Morgan fingerprint density at radius 2 is 1.77 bits per heavy atom. The molecule has 2 aliphatic rings. The Bertz CT molecular complexity index is 1440. The smallest absolute Gasteiger partial charge is 0.391 e. The van der Waals surface area contributed by atoms with E-state index in [4.69, 9.17) is 27.9 Å². The van der Waals surface area contributed by atoms with Gasteiger partial charge in [-0.25, -0.2) is 18.2 Å². The SMILES string of the molecule is CC(C)(F)C(=O)NCc1ccc(Cl)c(NC2=Nc3nc(OCC(F)F)c(C(=O)NC4CCC(C(F)(F)F)CC4)cc3C2)c1Cl. The van der Waals surface area contributed by atoms with Crippen LogP contribution in [0.5, 0.6) is 5.88 Å². The van der Waals surface area contributed by atoms with Crippen LogP contribution in [-0.2, 0) is 17.8 Å². The van der Waals surface area contributed by atoms with Crippen LogP contribution in [0.25, 0.3) is 0 Å². The molecular formula is C28H29Cl2F6N5O3. The lowest BCUT2D eigenvalue weighted by atomic mass is 9.85. The molecule has 1 aromatic heterocycles. The van der Waals surface area contributed by atoms with Crippen LogP contribution >= 0.6 is 23.2 Å². The number of fused-ring (bicyclic) bond motifs is 1. The van der Waals surface area contributed by atoms with Crippen LogP contribution < -0.4 is 20.7 Å². The molecule has 0 saturated heterocycles. The number of carbonyl (C=O) groups excluding carboxylic acids is 2. The minimum Gasteiger partial charge on any atom is -0.471 e. The molecule has 1 aliphatic heterocycles. The first-order valence-corrected chi connectivity index (χ1v) is 14.4. The Hall–Kier alpha value is -3.26. The lowest BCUT2D eigenvalue weighted by molar-refractivity contribution is -0.182. The molecule has 1 aromatic carbocycles. The molecule has 44 heavy (non-hydrogen) atoms. The van der Waals surface area contributed by atoms with E-state index in [0.717, 1.165) is 13.8 Å². The number of carbonyl (C=O) groups is 2. The fraction of sp³-hybridized carbons (Fsp3) is 0.500. The van der Waals surface area contributed by atoms with Gasteiger partial charge >= 0.3 is 6.18 Å². The average molecular weight is 668 g/mol. The first-order valence-electron chi connectivity index (χ1n) is 13.6. The van der Waals surface area contributed by atoms with Gasteiger partial charge < -0.3 is 20.7 Å². The molecule has 240 valence electrons. The van der Waals surface area contributed by atoms with Crippen LogP contribution in [0, 0.1) is 5.92 Å². The minimum atomic E-state index is -4.31. The van der Waals surface area contributed by atoms with Crippen molar-refractivity contribution in [3.05, 3.63) is 44.9 Å². The summed E-state index contributed by atoms with van der Waals surface area (Å²) in [6.07, 6.45) is -7.14. The number of hydrogen-bond acceptors (Lipinski definition) is 6.